The first-order chi connectivity index (χ1) is 11.6. The molecule has 4 bridgehead atoms. The summed E-state index contributed by atoms with van der Waals surface area (Å²) in [5, 5.41) is 9.18. The van der Waals surface area contributed by atoms with Gasteiger partial charge in [0.2, 0.25) is 11.8 Å². The van der Waals surface area contributed by atoms with Crippen molar-refractivity contribution in [2.45, 2.75) is 63.8 Å². The average molecular weight is 333 g/mol. The number of piperidine rings is 1. The van der Waals surface area contributed by atoms with Gasteiger partial charge in [-0.2, -0.15) is 0 Å². The first-order valence-electron chi connectivity index (χ1n) is 9.87. The number of hydrogen-bond donors (Lipinski definition) is 3. The molecule has 0 aromatic carbocycles. The van der Waals surface area contributed by atoms with E-state index in [-0.39, 0.29) is 29.8 Å². The van der Waals surface area contributed by atoms with Crippen LogP contribution in [-0.4, -0.2) is 37.5 Å². The molecule has 2 amide bonds. The van der Waals surface area contributed by atoms with Crippen molar-refractivity contribution in [1.29, 1.82) is 0 Å². The van der Waals surface area contributed by atoms with E-state index in [1.807, 2.05) is 0 Å². The van der Waals surface area contributed by atoms with Crippen LogP contribution in [0.3, 0.4) is 0 Å². The maximum absolute atomic E-state index is 12.4. The molecule has 134 valence electrons. The molecular weight excluding hydrogens is 302 g/mol. The van der Waals surface area contributed by atoms with E-state index in [2.05, 4.69) is 16.0 Å². The van der Waals surface area contributed by atoms with Gasteiger partial charge < -0.3 is 16.0 Å². The van der Waals surface area contributed by atoms with Crippen molar-refractivity contribution in [3.05, 3.63) is 0 Å². The third kappa shape index (κ3) is 3.61. The molecule has 0 spiro atoms. The van der Waals surface area contributed by atoms with Crippen molar-refractivity contribution in [2.75, 3.05) is 19.6 Å². The molecule has 0 aromatic rings. The van der Waals surface area contributed by atoms with Crippen LogP contribution < -0.4 is 16.0 Å². The molecule has 5 rings (SSSR count). The number of rotatable bonds is 5. The molecule has 5 heteroatoms. The van der Waals surface area contributed by atoms with E-state index in [0.29, 0.717) is 6.42 Å². The maximum Gasteiger partial charge on any atom is 0.239 e. The summed E-state index contributed by atoms with van der Waals surface area (Å²) in [4.78, 5) is 24.4. The predicted molar refractivity (Wildman–Crippen MR) is 92.3 cm³/mol. The Morgan fingerprint density at radius 1 is 1.00 bits per heavy atom. The Hall–Kier alpha value is -1.10. The summed E-state index contributed by atoms with van der Waals surface area (Å²) in [5.41, 5.74) is 0.253. The second-order valence-corrected chi connectivity index (χ2v) is 8.98. The maximum atomic E-state index is 12.4. The van der Waals surface area contributed by atoms with Gasteiger partial charge in [-0.25, -0.2) is 0 Å². The van der Waals surface area contributed by atoms with Gasteiger partial charge in [-0.1, -0.05) is 0 Å². The van der Waals surface area contributed by atoms with E-state index in [9.17, 15) is 9.59 Å². The molecule has 3 N–H and O–H groups in total. The lowest BCUT2D eigenvalue weighted by Gasteiger charge is -2.56. The summed E-state index contributed by atoms with van der Waals surface area (Å²) in [6, 6.07) is 0.214. The van der Waals surface area contributed by atoms with Gasteiger partial charge in [0.15, 0.2) is 0 Å². The minimum absolute atomic E-state index is 0.0532. The third-order valence-corrected chi connectivity index (χ3v) is 6.81. The summed E-state index contributed by atoms with van der Waals surface area (Å²) in [6.45, 7) is 2.00. The van der Waals surface area contributed by atoms with E-state index in [4.69, 9.17) is 0 Å². The zero-order valence-corrected chi connectivity index (χ0v) is 14.6. The van der Waals surface area contributed by atoms with Crippen LogP contribution >= 0.6 is 0 Å². The molecule has 1 aliphatic heterocycles. The molecule has 4 saturated carbocycles. The molecule has 0 unspecified atom stereocenters. The standard InChI is InChI=1S/C19H31N3O2/c23-17(21-12-18(24)22-16-2-1-3-20-11-16)10-19-7-13-4-14(8-19)6-15(5-13)9-19/h13-16,20H,1-12H2,(H,21,23)(H,22,24)/t13?,14?,15?,16-,19?/m0/s1. The molecule has 5 aliphatic rings. The Bertz CT molecular complexity index is 464. The summed E-state index contributed by atoms with van der Waals surface area (Å²) >= 11 is 0. The normalized spacial score (nSPS) is 40.3. The lowest BCUT2D eigenvalue weighted by molar-refractivity contribution is -0.132. The van der Waals surface area contributed by atoms with Gasteiger partial charge in [0.1, 0.15) is 0 Å². The summed E-state index contributed by atoms with van der Waals surface area (Å²) < 4.78 is 0. The van der Waals surface area contributed by atoms with Crippen LogP contribution in [0.15, 0.2) is 0 Å². The number of hydrogen-bond acceptors (Lipinski definition) is 3. The van der Waals surface area contributed by atoms with Gasteiger partial charge in [0.25, 0.3) is 0 Å². The highest BCUT2D eigenvalue weighted by Gasteiger charge is 2.51. The van der Waals surface area contributed by atoms with E-state index >= 15 is 0 Å². The molecule has 1 atom stereocenters. The van der Waals surface area contributed by atoms with Gasteiger partial charge in [-0.15, -0.1) is 0 Å². The summed E-state index contributed by atoms with van der Waals surface area (Å²) in [6.07, 6.45) is 10.7. The van der Waals surface area contributed by atoms with Crippen LogP contribution in [0.25, 0.3) is 0 Å². The van der Waals surface area contributed by atoms with Crippen molar-refractivity contribution in [2.24, 2.45) is 23.2 Å². The highest BCUT2D eigenvalue weighted by atomic mass is 16.2. The van der Waals surface area contributed by atoms with Crippen LogP contribution in [0.4, 0.5) is 0 Å². The van der Waals surface area contributed by atoms with Gasteiger partial charge in [0.05, 0.1) is 6.54 Å². The molecule has 24 heavy (non-hydrogen) atoms. The largest absolute Gasteiger partial charge is 0.351 e. The molecule has 5 nitrogen and oxygen atoms in total. The number of nitrogens with one attached hydrogen (secondary N) is 3. The Kier molecular flexibility index (Phi) is 4.54. The van der Waals surface area contributed by atoms with Crippen molar-refractivity contribution in [1.82, 2.24) is 16.0 Å². The van der Waals surface area contributed by atoms with Gasteiger partial charge in [0, 0.05) is 19.0 Å². The molecule has 4 aliphatic carbocycles. The zero-order chi connectivity index (χ0) is 16.6. The topological polar surface area (TPSA) is 70.2 Å². The molecular formula is C19H31N3O2. The Balaban J connectivity index is 1.23. The van der Waals surface area contributed by atoms with Crippen molar-refractivity contribution < 1.29 is 9.59 Å². The van der Waals surface area contributed by atoms with E-state index in [1.54, 1.807) is 0 Å². The quantitative estimate of drug-likeness (QED) is 0.715. The van der Waals surface area contributed by atoms with E-state index in [1.165, 1.54) is 38.5 Å². The summed E-state index contributed by atoms with van der Waals surface area (Å²) in [7, 11) is 0. The minimum atomic E-state index is -0.0532. The highest BCUT2D eigenvalue weighted by molar-refractivity contribution is 5.85. The molecule has 1 heterocycles. The van der Waals surface area contributed by atoms with Crippen molar-refractivity contribution in [3.63, 3.8) is 0 Å². The van der Waals surface area contributed by atoms with E-state index < -0.39 is 0 Å². The smallest absolute Gasteiger partial charge is 0.239 e. The second-order valence-electron chi connectivity index (χ2n) is 8.98. The molecule has 0 radical (unpaired) electrons. The number of carbonyl (C=O) groups is 2. The van der Waals surface area contributed by atoms with Crippen LogP contribution in [-0.2, 0) is 9.59 Å². The number of carbonyl (C=O) groups excluding carboxylic acids is 2. The minimum Gasteiger partial charge on any atom is -0.351 e. The van der Waals surface area contributed by atoms with E-state index in [0.717, 1.165) is 43.7 Å². The first-order valence-corrected chi connectivity index (χ1v) is 9.87. The Labute approximate surface area is 144 Å². The van der Waals surface area contributed by atoms with Gasteiger partial charge in [-0.05, 0) is 81.1 Å². The fourth-order valence-corrected chi connectivity index (χ4v) is 6.34. The molecule has 0 aromatic heterocycles. The lowest BCUT2D eigenvalue weighted by atomic mass is 9.49. The summed E-state index contributed by atoms with van der Waals surface area (Å²) in [5.74, 6) is 2.62. The second kappa shape index (κ2) is 6.66. The third-order valence-electron chi connectivity index (χ3n) is 6.81. The molecule has 1 saturated heterocycles. The predicted octanol–water partition coefficient (Wildman–Crippen LogP) is 1.58. The SMILES string of the molecule is O=C(CC12CC3CC(CC(C3)C1)C2)NCC(=O)N[C@H]1CCCNC1. The van der Waals surface area contributed by atoms with Gasteiger partial charge in [-0.3, -0.25) is 9.59 Å². The first kappa shape index (κ1) is 16.4. The number of amides is 2. The van der Waals surface area contributed by atoms with Crippen LogP contribution in [0.5, 0.6) is 0 Å². The van der Waals surface area contributed by atoms with Crippen molar-refractivity contribution >= 4 is 11.8 Å². The fraction of sp³-hybridized carbons (Fsp3) is 0.895. The lowest BCUT2D eigenvalue weighted by Crippen LogP contribution is -2.50. The van der Waals surface area contributed by atoms with Gasteiger partial charge >= 0.3 is 0 Å². The Morgan fingerprint density at radius 2 is 1.67 bits per heavy atom. The van der Waals surface area contributed by atoms with Crippen LogP contribution in [0, 0.1) is 23.2 Å². The molecule has 5 fully saturated rings. The zero-order valence-electron chi connectivity index (χ0n) is 14.6. The van der Waals surface area contributed by atoms with Crippen molar-refractivity contribution in [3.8, 4) is 0 Å². The average Bonchev–Trinajstić information content (AvgIpc) is 2.52. The fourth-order valence-electron chi connectivity index (χ4n) is 6.34. The van der Waals surface area contributed by atoms with Crippen LogP contribution in [0.1, 0.15) is 57.8 Å². The van der Waals surface area contributed by atoms with Crippen LogP contribution in [0.2, 0.25) is 0 Å². The monoisotopic (exact) mass is 333 g/mol. The highest BCUT2D eigenvalue weighted by Crippen LogP contribution is 2.61. The Morgan fingerprint density at radius 3 is 2.25 bits per heavy atom.